The van der Waals surface area contributed by atoms with Gasteiger partial charge in [-0.05, 0) is 31.1 Å². The van der Waals surface area contributed by atoms with Crippen LogP contribution in [0.2, 0.25) is 0 Å². The van der Waals surface area contributed by atoms with Crippen molar-refractivity contribution in [3.8, 4) is 0 Å². The first-order valence-electron chi connectivity index (χ1n) is 6.56. The Hall–Kier alpha value is -0.940. The van der Waals surface area contributed by atoms with Crippen molar-refractivity contribution in [2.45, 2.75) is 24.9 Å². The number of hydrogen-bond donors (Lipinski definition) is 0. The summed E-state index contributed by atoms with van der Waals surface area (Å²) in [6.07, 6.45) is 4.98. The molecular formula is C14H16FNO2S. The maximum atomic E-state index is 13.6. The summed E-state index contributed by atoms with van der Waals surface area (Å²) in [7, 11) is 0. The fraction of sp³-hybridized carbons (Fsp3) is 0.571. The lowest BCUT2D eigenvalue weighted by Crippen LogP contribution is -2.42. The van der Waals surface area contributed by atoms with Gasteiger partial charge in [-0.1, -0.05) is 0 Å². The Labute approximate surface area is 115 Å². The fourth-order valence-electron chi connectivity index (χ4n) is 2.91. The summed E-state index contributed by atoms with van der Waals surface area (Å²) >= 11 is 1.87. The number of carbonyl (C=O) groups excluding carboxylic acids is 1. The monoisotopic (exact) mass is 281 g/mol. The van der Waals surface area contributed by atoms with E-state index in [4.69, 9.17) is 4.74 Å². The Balaban J connectivity index is 1.78. The molecule has 2 atom stereocenters. The van der Waals surface area contributed by atoms with Crippen molar-refractivity contribution >= 4 is 17.5 Å². The molecule has 0 amide bonds. The predicted octanol–water partition coefficient (Wildman–Crippen LogP) is 2.71. The molecule has 2 aliphatic rings. The fourth-order valence-corrected chi connectivity index (χ4v) is 4.29. The average Bonchev–Trinajstić information content (AvgIpc) is 2.86. The number of nitrogens with zero attached hydrogens (tertiary/aromatic N) is 1. The van der Waals surface area contributed by atoms with E-state index in [2.05, 4.69) is 4.98 Å². The molecule has 19 heavy (non-hydrogen) atoms. The Morgan fingerprint density at radius 1 is 1.58 bits per heavy atom. The molecule has 1 aromatic heterocycles. The first-order chi connectivity index (χ1) is 9.20. The minimum absolute atomic E-state index is 0.0977. The van der Waals surface area contributed by atoms with Gasteiger partial charge < -0.3 is 4.74 Å². The van der Waals surface area contributed by atoms with Crippen molar-refractivity contribution in [2.24, 2.45) is 5.92 Å². The summed E-state index contributed by atoms with van der Waals surface area (Å²) < 4.78 is 19.5. The van der Waals surface area contributed by atoms with Crippen molar-refractivity contribution in [3.05, 3.63) is 29.8 Å². The molecule has 0 saturated carbocycles. The van der Waals surface area contributed by atoms with E-state index in [1.807, 2.05) is 11.8 Å². The zero-order chi connectivity index (χ0) is 13.3. The van der Waals surface area contributed by atoms with Crippen LogP contribution in [0.5, 0.6) is 0 Å². The van der Waals surface area contributed by atoms with Gasteiger partial charge in [-0.15, -0.1) is 0 Å². The Morgan fingerprint density at radius 3 is 3.21 bits per heavy atom. The molecule has 1 aromatic rings. The van der Waals surface area contributed by atoms with Gasteiger partial charge >= 0.3 is 0 Å². The number of halogens is 1. The van der Waals surface area contributed by atoms with E-state index in [0.717, 1.165) is 30.5 Å². The molecule has 0 N–H and O–H groups in total. The molecule has 2 fully saturated rings. The third-order valence-electron chi connectivity index (χ3n) is 3.97. The Bertz CT molecular complexity index is 488. The third-order valence-corrected chi connectivity index (χ3v) is 5.19. The lowest BCUT2D eigenvalue weighted by molar-refractivity contribution is -0.0735. The van der Waals surface area contributed by atoms with Gasteiger partial charge in [0.1, 0.15) is 0 Å². The van der Waals surface area contributed by atoms with E-state index in [-0.39, 0.29) is 22.9 Å². The number of ether oxygens (including phenoxy) is 1. The van der Waals surface area contributed by atoms with Crippen molar-refractivity contribution in [3.63, 3.8) is 0 Å². The maximum Gasteiger partial charge on any atom is 0.169 e. The average molecular weight is 281 g/mol. The van der Waals surface area contributed by atoms with Gasteiger partial charge in [0, 0.05) is 24.5 Å². The summed E-state index contributed by atoms with van der Waals surface area (Å²) in [5.74, 6) is 1.30. The number of thioether (sulfide) groups is 1. The zero-order valence-electron chi connectivity index (χ0n) is 10.6. The quantitative estimate of drug-likeness (QED) is 0.781. The molecule has 5 heteroatoms. The van der Waals surface area contributed by atoms with Crippen LogP contribution < -0.4 is 0 Å². The molecule has 0 bridgehead atoms. The number of rotatable bonds is 2. The number of pyridine rings is 1. The van der Waals surface area contributed by atoms with Crippen LogP contribution in [0.4, 0.5) is 4.39 Å². The van der Waals surface area contributed by atoms with E-state index in [9.17, 15) is 9.18 Å². The van der Waals surface area contributed by atoms with E-state index in [1.165, 1.54) is 12.3 Å². The maximum absolute atomic E-state index is 13.6. The topological polar surface area (TPSA) is 39.2 Å². The van der Waals surface area contributed by atoms with Crippen LogP contribution in [-0.4, -0.2) is 34.5 Å². The van der Waals surface area contributed by atoms with Crippen molar-refractivity contribution in [1.29, 1.82) is 0 Å². The molecule has 3 rings (SSSR count). The molecule has 2 unspecified atom stereocenters. The van der Waals surface area contributed by atoms with E-state index < -0.39 is 5.82 Å². The third kappa shape index (κ3) is 2.54. The van der Waals surface area contributed by atoms with Gasteiger partial charge in [0.25, 0.3) is 0 Å². The van der Waals surface area contributed by atoms with Crippen LogP contribution in [0.3, 0.4) is 0 Å². The highest BCUT2D eigenvalue weighted by Crippen LogP contribution is 2.41. The van der Waals surface area contributed by atoms with Crippen LogP contribution in [0.15, 0.2) is 18.5 Å². The molecule has 0 radical (unpaired) electrons. The Morgan fingerprint density at radius 2 is 2.47 bits per heavy atom. The summed E-state index contributed by atoms with van der Waals surface area (Å²) in [5.41, 5.74) is 0.0231. The van der Waals surface area contributed by atoms with Gasteiger partial charge in [0.15, 0.2) is 11.6 Å². The molecule has 0 aromatic carbocycles. The second-order valence-electron chi connectivity index (χ2n) is 5.24. The summed E-state index contributed by atoms with van der Waals surface area (Å²) in [6.45, 7) is 0.601. The predicted molar refractivity (Wildman–Crippen MR) is 71.9 cm³/mol. The SMILES string of the molecule is O=C(c1ccncc1F)C1CCOC2(CCSC2)C1. The van der Waals surface area contributed by atoms with Crippen LogP contribution in [0, 0.1) is 11.7 Å². The second-order valence-corrected chi connectivity index (χ2v) is 6.35. The van der Waals surface area contributed by atoms with Gasteiger partial charge in [0.05, 0.1) is 17.4 Å². The molecule has 102 valence electrons. The smallest absolute Gasteiger partial charge is 0.169 e. The molecule has 2 aliphatic heterocycles. The van der Waals surface area contributed by atoms with Crippen LogP contribution in [0.1, 0.15) is 29.6 Å². The number of ketones is 1. The highest BCUT2D eigenvalue weighted by atomic mass is 32.2. The molecule has 3 heterocycles. The molecule has 1 spiro atoms. The summed E-state index contributed by atoms with van der Waals surface area (Å²) in [5, 5.41) is 0. The van der Waals surface area contributed by atoms with E-state index in [1.54, 1.807) is 0 Å². The first-order valence-corrected chi connectivity index (χ1v) is 7.71. The summed E-state index contributed by atoms with van der Waals surface area (Å²) in [4.78, 5) is 16.1. The van der Waals surface area contributed by atoms with E-state index in [0.29, 0.717) is 13.0 Å². The van der Waals surface area contributed by atoms with Crippen LogP contribution >= 0.6 is 11.8 Å². The summed E-state index contributed by atoms with van der Waals surface area (Å²) in [6, 6.07) is 1.48. The number of carbonyl (C=O) groups is 1. The lowest BCUT2D eigenvalue weighted by atomic mass is 9.81. The van der Waals surface area contributed by atoms with Gasteiger partial charge in [-0.25, -0.2) is 4.39 Å². The standard InChI is InChI=1S/C14H16FNO2S/c15-12-8-16-4-1-11(12)13(17)10-2-5-18-14(7-10)3-6-19-9-14/h1,4,8,10H,2-3,5-7,9H2. The second kappa shape index (κ2) is 5.21. The number of aromatic nitrogens is 1. The minimum Gasteiger partial charge on any atom is -0.374 e. The first kappa shape index (κ1) is 13.1. The highest BCUT2D eigenvalue weighted by Gasteiger charge is 2.42. The zero-order valence-corrected chi connectivity index (χ0v) is 11.4. The van der Waals surface area contributed by atoms with Gasteiger partial charge in [0.2, 0.25) is 0 Å². The van der Waals surface area contributed by atoms with Gasteiger partial charge in [-0.2, -0.15) is 11.8 Å². The largest absolute Gasteiger partial charge is 0.374 e. The van der Waals surface area contributed by atoms with Crippen LogP contribution in [0.25, 0.3) is 0 Å². The molecule has 3 nitrogen and oxygen atoms in total. The molecular weight excluding hydrogens is 265 g/mol. The normalized spacial score (nSPS) is 30.7. The number of hydrogen-bond acceptors (Lipinski definition) is 4. The van der Waals surface area contributed by atoms with Gasteiger partial charge in [-0.3, -0.25) is 9.78 Å². The molecule has 0 aliphatic carbocycles. The number of Topliss-reactive ketones (excluding diaryl/α,β-unsaturated/α-hetero) is 1. The Kier molecular flexibility index (Phi) is 3.58. The van der Waals surface area contributed by atoms with Crippen molar-refractivity contribution < 1.29 is 13.9 Å². The minimum atomic E-state index is -0.520. The highest BCUT2D eigenvalue weighted by molar-refractivity contribution is 7.99. The molecule has 2 saturated heterocycles. The van der Waals surface area contributed by atoms with Crippen LogP contribution in [-0.2, 0) is 4.74 Å². The van der Waals surface area contributed by atoms with E-state index >= 15 is 0 Å². The van der Waals surface area contributed by atoms with Crippen molar-refractivity contribution in [1.82, 2.24) is 4.98 Å². The van der Waals surface area contributed by atoms with Crippen molar-refractivity contribution in [2.75, 3.05) is 18.1 Å². The lowest BCUT2D eigenvalue weighted by Gasteiger charge is -2.37.